The molecular weight excluding hydrogens is 394 g/mol. The molecule has 0 bridgehead atoms. The van der Waals surface area contributed by atoms with Gasteiger partial charge in [0.1, 0.15) is 0 Å². The molecule has 0 saturated carbocycles. The van der Waals surface area contributed by atoms with Crippen LogP contribution in [-0.4, -0.2) is 16.9 Å². The molecule has 1 unspecified atom stereocenters. The first-order valence-corrected chi connectivity index (χ1v) is 9.56. The van der Waals surface area contributed by atoms with Crippen LogP contribution in [0, 0.1) is 9.52 Å². The molecule has 5 heteroatoms. The third-order valence-electron chi connectivity index (χ3n) is 4.34. The Hall–Kier alpha value is -0.330. The fourth-order valence-corrected chi connectivity index (χ4v) is 3.35. The maximum Gasteiger partial charge on any atom is 0.250 e. The molecule has 0 spiro atoms. The van der Waals surface area contributed by atoms with Crippen molar-refractivity contribution in [2.45, 2.75) is 84.1 Å². The van der Waals surface area contributed by atoms with Gasteiger partial charge in [0.15, 0.2) is 3.70 Å². The zero-order valence-electron chi connectivity index (χ0n) is 14.4. The van der Waals surface area contributed by atoms with Crippen molar-refractivity contribution in [3.8, 4) is 5.88 Å². The lowest BCUT2D eigenvalue weighted by Gasteiger charge is -2.31. The fraction of sp³-hybridized carbons (Fsp3) is 0.824. The molecule has 0 radical (unpaired) electrons. The van der Waals surface area contributed by atoms with Crippen LogP contribution < -0.4 is 4.74 Å². The summed E-state index contributed by atoms with van der Waals surface area (Å²) < 4.78 is 21.6. The van der Waals surface area contributed by atoms with E-state index in [-0.39, 0.29) is 17.2 Å². The minimum absolute atomic E-state index is 0.169. The predicted octanol–water partition coefficient (Wildman–Crippen LogP) is 5.90. The molecule has 0 N–H and O–H groups in total. The van der Waals surface area contributed by atoms with Crippen molar-refractivity contribution >= 4 is 22.6 Å². The standard InChI is InChI=1S/C17H30FIN2O/c1-5-7-9-10-11-13-17(3,12-8-6-2)21-16(22-4)14(18)15(19)20-21/h5-13H2,1-4H3. The van der Waals surface area contributed by atoms with Crippen molar-refractivity contribution in [1.82, 2.24) is 9.78 Å². The van der Waals surface area contributed by atoms with E-state index >= 15 is 0 Å². The predicted molar refractivity (Wildman–Crippen MR) is 98.0 cm³/mol. The van der Waals surface area contributed by atoms with Gasteiger partial charge in [0.05, 0.1) is 12.6 Å². The van der Waals surface area contributed by atoms with Gasteiger partial charge in [-0.2, -0.15) is 9.49 Å². The largest absolute Gasteiger partial charge is 0.479 e. The third-order valence-corrected chi connectivity index (χ3v) is 5.03. The molecule has 22 heavy (non-hydrogen) atoms. The second kappa shape index (κ2) is 9.73. The molecule has 128 valence electrons. The molecule has 0 amide bonds. The Morgan fingerprint density at radius 1 is 1.09 bits per heavy atom. The van der Waals surface area contributed by atoms with Gasteiger partial charge in [-0.15, -0.1) is 0 Å². The van der Waals surface area contributed by atoms with Crippen molar-refractivity contribution in [3.05, 3.63) is 9.52 Å². The van der Waals surface area contributed by atoms with Gasteiger partial charge < -0.3 is 4.74 Å². The Bertz CT molecular complexity index is 450. The average Bonchev–Trinajstić information content (AvgIpc) is 2.80. The van der Waals surface area contributed by atoms with Crippen LogP contribution in [0.4, 0.5) is 4.39 Å². The highest BCUT2D eigenvalue weighted by atomic mass is 127. The number of halogens is 2. The highest BCUT2D eigenvalue weighted by molar-refractivity contribution is 14.1. The SMILES string of the molecule is CCCCCCCC(C)(CCCC)n1nc(I)c(F)c1OC. The Morgan fingerprint density at radius 3 is 2.27 bits per heavy atom. The van der Waals surface area contributed by atoms with Gasteiger partial charge in [-0.25, -0.2) is 4.68 Å². The smallest absolute Gasteiger partial charge is 0.250 e. The topological polar surface area (TPSA) is 27.1 Å². The molecule has 0 aliphatic rings. The number of hydrogen-bond donors (Lipinski definition) is 0. The van der Waals surface area contributed by atoms with Crippen LogP contribution >= 0.6 is 22.6 Å². The van der Waals surface area contributed by atoms with Crippen LogP contribution in [0.2, 0.25) is 0 Å². The first-order chi connectivity index (χ1) is 10.5. The van der Waals surface area contributed by atoms with Gasteiger partial charge in [0.25, 0.3) is 0 Å². The summed E-state index contributed by atoms with van der Waals surface area (Å²) in [6, 6.07) is 0. The van der Waals surface area contributed by atoms with E-state index in [1.165, 1.54) is 32.8 Å². The van der Waals surface area contributed by atoms with Crippen molar-refractivity contribution in [1.29, 1.82) is 0 Å². The second-order valence-corrected chi connectivity index (χ2v) is 7.31. The summed E-state index contributed by atoms with van der Waals surface area (Å²) in [6.45, 7) is 6.60. The highest BCUT2D eigenvalue weighted by Gasteiger charge is 2.32. The van der Waals surface area contributed by atoms with E-state index in [4.69, 9.17) is 4.74 Å². The van der Waals surface area contributed by atoms with Gasteiger partial charge in [0, 0.05) is 0 Å². The van der Waals surface area contributed by atoms with Gasteiger partial charge in [-0.05, 0) is 42.4 Å². The van der Waals surface area contributed by atoms with Crippen LogP contribution in [-0.2, 0) is 5.54 Å². The number of hydrogen-bond acceptors (Lipinski definition) is 2. The molecule has 0 saturated heterocycles. The van der Waals surface area contributed by atoms with E-state index in [1.54, 1.807) is 4.68 Å². The Kier molecular flexibility index (Phi) is 8.72. The van der Waals surface area contributed by atoms with Crippen LogP contribution in [0.15, 0.2) is 0 Å². The van der Waals surface area contributed by atoms with Crippen LogP contribution in [0.1, 0.15) is 78.6 Å². The molecule has 1 atom stereocenters. The maximum atomic E-state index is 14.1. The van der Waals surface area contributed by atoms with E-state index < -0.39 is 0 Å². The lowest BCUT2D eigenvalue weighted by atomic mass is 9.88. The lowest BCUT2D eigenvalue weighted by Crippen LogP contribution is -2.32. The number of rotatable bonds is 11. The molecule has 0 aliphatic carbocycles. The normalized spacial score (nSPS) is 14.1. The monoisotopic (exact) mass is 424 g/mol. The molecule has 0 fully saturated rings. The second-order valence-electron chi connectivity index (χ2n) is 6.29. The molecule has 1 rings (SSSR count). The number of unbranched alkanes of at least 4 members (excludes halogenated alkanes) is 5. The average molecular weight is 424 g/mol. The number of nitrogens with zero attached hydrogens (tertiary/aromatic N) is 2. The first-order valence-electron chi connectivity index (χ1n) is 8.48. The van der Waals surface area contributed by atoms with E-state index in [0.717, 1.165) is 32.1 Å². The van der Waals surface area contributed by atoms with Crippen LogP contribution in [0.25, 0.3) is 0 Å². The lowest BCUT2D eigenvalue weighted by molar-refractivity contribution is 0.196. The summed E-state index contributed by atoms with van der Waals surface area (Å²) in [5, 5.41) is 4.42. The quantitative estimate of drug-likeness (QED) is 0.327. The summed E-state index contributed by atoms with van der Waals surface area (Å²) in [5.74, 6) is -0.0617. The number of methoxy groups -OCH3 is 1. The van der Waals surface area contributed by atoms with Crippen molar-refractivity contribution in [3.63, 3.8) is 0 Å². The van der Waals surface area contributed by atoms with Crippen LogP contribution in [0.5, 0.6) is 5.88 Å². The summed E-state index contributed by atoms with van der Waals surface area (Å²) in [4.78, 5) is 0. The molecule has 3 nitrogen and oxygen atoms in total. The number of ether oxygens (including phenoxy) is 1. The molecule has 1 aromatic heterocycles. The summed E-state index contributed by atoms with van der Waals surface area (Å²) in [5.41, 5.74) is -0.169. The van der Waals surface area contributed by atoms with Crippen molar-refractivity contribution < 1.29 is 9.13 Å². The Balaban J connectivity index is 2.88. The van der Waals surface area contributed by atoms with E-state index in [9.17, 15) is 4.39 Å². The summed E-state index contributed by atoms with van der Waals surface area (Å²) >= 11 is 1.94. The number of aromatic nitrogens is 2. The van der Waals surface area contributed by atoms with E-state index in [1.807, 2.05) is 22.6 Å². The molecule has 0 aliphatic heterocycles. The molecule has 1 aromatic rings. The molecule has 1 heterocycles. The van der Waals surface area contributed by atoms with Gasteiger partial charge in [-0.3, -0.25) is 0 Å². The van der Waals surface area contributed by atoms with E-state index in [2.05, 4.69) is 25.9 Å². The maximum absolute atomic E-state index is 14.1. The van der Waals surface area contributed by atoms with Gasteiger partial charge >= 0.3 is 0 Å². The highest BCUT2D eigenvalue weighted by Crippen LogP contribution is 2.35. The summed E-state index contributed by atoms with van der Waals surface area (Å²) in [7, 11) is 1.52. The van der Waals surface area contributed by atoms with Crippen molar-refractivity contribution in [2.75, 3.05) is 7.11 Å². The molecule has 0 aromatic carbocycles. The van der Waals surface area contributed by atoms with Gasteiger partial charge in [0.2, 0.25) is 11.7 Å². The Labute approximate surface area is 148 Å². The zero-order valence-corrected chi connectivity index (χ0v) is 16.6. The summed E-state index contributed by atoms with van der Waals surface area (Å²) in [6.07, 6.45) is 10.5. The minimum atomic E-state index is -0.336. The minimum Gasteiger partial charge on any atom is -0.479 e. The zero-order chi connectivity index (χ0) is 16.6. The van der Waals surface area contributed by atoms with Crippen LogP contribution in [0.3, 0.4) is 0 Å². The third kappa shape index (κ3) is 5.10. The fourth-order valence-electron chi connectivity index (χ4n) is 2.90. The molecular formula is C17H30FIN2O. The van der Waals surface area contributed by atoms with Crippen molar-refractivity contribution in [2.24, 2.45) is 0 Å². The van der Waals surface area contributed by atoms with Gasteiger partial charge in [-0.1, -0.05) is 58.8 Å². The van der Waals surface area contributed by atoms with E-state index in [0.29, 0.717) is 3.70 Å². The first kappa shape index (κ1) is 19.7. The Morgan fingerprint density at radius 2 is 1.68 bits per heavy atom.